The minimum absolute atomic E-state index is 0.0437. The van der Waals surface area contributed by atoms with E-state index in [9.17, 15) is 8.42 Å². The molecule has 110 valence electrons. The van der Waals surface area contributed by atoms with Crippen LogP contribution < -0.4 is 10.0 Å². The van der Waals surface area contributed by atoms with Gasteiger partial charge in [-0.3, -0.25) is 4.40 Å². The number of pyridine rings is 1. The van der Waals surface area contributed by atoms with E-state index in [-0.39, 0.29) is 17.4 Å². The molecule has 9 heteroatoms. The molecule has 3 aromatic heterocycles. The maximum absolute atomic E-state index is 12.5. The van der Waals surface area contributed by atoms with Crippen molar-refractivity contribution in [3.05, 3.63) is 42.4 Å². The number of hydrogen-bond acceptors (Lipinski definition) is 6. The summed E-state index contributed by atoms with van der Waals surface area (Å²) in [6, 6.07) is 6.86. The van der Waals surface area contributed by atoms with E-state index in [1.165, 1.54) is 10.7 Å². The van der Waals surface area contributed by atoms with E-state index < -0.39 is 10.0 Å². The molecule has 0 radical (unpaired) electrons. The van der Waals surface area contributed by atoms with E-state index >= 15 is 0 Å². The quantitative estimate of drug-likeness (QED) is 0.724. The van der Waals surface area contributed by atoms with Gasteiger partial charge in [-0.15, -0.1) is 0 Å². The SMILES string of the molecule is CNc1nc2ccccn2c1S(=O)(=O)NCc1ccon1. The Morgan fingerprint density at radius 1 is 1.33 bits per heavy atom. The predicted molar refractivity (Wildman–Crippen MR) is 75.3 cm³/mol. The average Bonchev–Trinajstić information content (AvgIpc) is 3.12. The van der Waals surface area contributed by atoms with Gasteiger partial charge in [0.15, 0.2) is 10.8 Å². The van der Waals surface area contributed by atoms with E-state index in [0.29, 0.717) is 11.3 Å². The average molecular weight is 307 g/mol. The van der Waals surface area contributed by atoms with Gasteiger partial charge in [0.05, 0.1) is 12.2 Å². The smallest absolute Gasteiger partial charge is 0.260 e. The number of rotatable bonds is 5. The van der Waals surface area contributed by atoms with E-state index in [1.54, 1.807) is 37.5 Å². The third-order valence-electron chi connectivity index (χ3n) is 2.91. The molecule has 3 aromatic rings. The van der Waals surface area contributed by atoms with Gasteiger partial charge in [0, 0.05) is 19.3 Å². The van der Waals surface area contributed by atoms with Crippen molar-refractivity contribution < 1.29 is 12.9 Å². The Morgan fingerprint density at radius 3 is 2.90 bits per heavy atom. The molecule has 8 nitrogen and oxygen atoms in total. The lowest BCUT2D eigenvalue weighted by atomic mass is 10.5. The number of anilines is 1. The lowest BCUT2D eigenvalue weighted by Gasteiger charge is -2.07. The van der Waals surface area contributed by atoms with Crippen molar-refractivity contribution >= 4 is 21.5 Å². The second-order valence-corrected chi connectivity index (χ2v) is 5.94. The monoisotopic (exact) mass is 307 g/mol. The molecule has 0 aliphatic rings. The number of fused-ring (bicyclic) bond motifs is 1. The maximum Gasteiger partial charge on any atom is 0.260 e. The summed E-state index contributed by atoms with van der Waals surface area (Å²) in [5, 5.41) is 6.52. The Hall–Kier alpha value is -2.39. The summed E-state index contributed by atoms with van der Waals surface area (Å²) in [7, 11) is -2.13. The van der Waals surface area contributed by atoms with Crippen LogP contribution in [0, 0.1) is 0 Å². The number of hydrogen-bond donors (Lipinski definition) is 2. The first-order valence-electron chi connectivity index (χ1n) is 6.15. The van der Waals surface area contributed by atoms with E-state index in [0.717, 1.165) is 0 Å². The summed E-state index contributed by atoms with van der Waals surface area (Å²) in [6.45, 7) is 0.0437. The van der Waals surface area contributed by atoms with Gasteiger partial charge in [0.2, 0.25) is 0 Å². The van der Waals surface area contributed by atoms with Gasteiger partial charge in [0.1, 0.15) is 11.9 Å². The molecule has 2 N–H and O–H groups in total. The fourth-order valence-corrected chi connectivity index (χ4v) is 3.25. The molecule has 0 unspecified atom stereocenters. The van der Waals surface area contributed by atoms with Crippen LogP contribution in [0.5, 0.6) is 0 Å². The summed E-state index contributed by atoms with van der Waals surface area (Å²) in [4.78, 5) is 4.24. The second-order valence-electron chi connectivity index (χ2n) is 4.26. The first kappa shape index (κ1) is 13.6. The highest BCUT2D eigenvalue weighted by atomic mass is 32.2. The Morgan fingerprint density at radius 2 is 2.19 bits per heavy atom. The molecule has 0 fully saturated rings. The minimum Gasteiger partial charge on any atom is -0.371 e. The molecule has 21 heavy (non-hydrogen) atoms. The topological polar surface area (TPSA) is 102 Å². The van der Waals surface area contributed by atoms with Crippen molar-refractivity contribution in [2.75, 3.05) is 12.4 Å². The highest BCUT2D eigenvalue weighted by Crippen LogP contribution is 2.22. The van der Waals surface area contributed by atoms with Crippen molar-refractivity contribution in [2.24, 2.45) is 0 Å². The first-order valence-corrected chi connectivity index (χ1v) is 7.64. The molecule has 0 aliphatic heterocycles. The van der Waals surface area contributed by atoms with Gasteiger partial charge in [-0.1, -0.05) is 11.2 Å². The van der Waals surface area contributed by atoms with Crippen molar-refractivity contribution in [3.8, 4) is 0 Å². The standard InChI is InChI=1S/C12H13N5O3S/c1-13-11-12(17-6-3-2-4-10(17)15-11)21(18,19)14-8-9-5-7-20-16-9/h2-7,13-14H,8H2,1H3. The van der Waals surface area contributed by atoms with Crippen LogP contribution >= 0.6 is 0 Å². The summed E-state index contributed by atoms with van der Waals surface area (Å²) < 4.78 is 33.7. The number of aromatic nitrogens is 3. The molecule has 0 saturated carbocycles. The van der Waals surface area contributed by atoms with Gasteiger partial charge < -0.3 is 9.84 Å². The highest BCUT2D eigenvalue weighted by molar-refractivity contribution is 7.89. The zero-order valence-corrected chi connectivity index (χ0v) is 12.0. The number of nitrogens with one attached hydrogen (secondary N) is 2. The molecule has 0 aromatic carbocycles. The molecule has 0 saturated heterocycles. The zero-order valence-electron chi connectivity index (χ0n) is 11.1. The normalized spacial score (nSPS) is 11.9. The van der Waals surface area contributed by atoms with Crippen molar-refractivity contribution in [3.63, 3.8) is 0 Å². The molecule has 0 bridgehead atoms. The van der Waals surface area contributed by atoms with Gasteiger partial charge in [-0.25, -0.2) is 18.1 Å². The fourth-order valence-electron chi connectivity index (χ4n) is 1.96. The molecule has 0 atom stereocenters. The van der Waals surface area contributed by atoms with Crippen molar-refractivity contribution in [2.45, 2.75) is 11.6 Å². The maximum atomic E-state index is 12.5. The van der Waals surface area contributed by atoms with Crippen LogP contribution in [0.3, 0.4) is 0 Å². The van der Waals surface area contributed by atoms with Gasteiger partial charge in [0.25, 0.3) is 10.0 Å². The molecular weight excluding hydrogens is 294 g/mol. The molecule has 0 amide bonds. The Labute approximate surface area is 120 Å². The summed E-state index contributed by atoms with van der Waals surface area (Å²) >= 11 is 0. The van der Waals surface area contributed by atoms with Gasteiger partial charge >= 0.3 is 0 Å². The Bertz CT molecular complexity index is 854. The number of sulfonamides is 1. The van der Waals surface area contributed by atoms with E-state index in [2.05, 4.69) is 24.7 Å². The fraction of sp³-hybridized carbons (Fsp3) is 0.167. The van der Waals surface area contributed by atoms with E-state index in [1.807, 2.05) is 0 Å². The molecule has 0 aliphatic carbocycles. The molecule has 3 rings (SSSR count). The van der Waals surface area contributed by atoms with Crippen LogP contribution in [-0.4, -0.2) is 30.0 Å². The van der Waals surface area contributed by atoms with Crippen LogP contribution in [0.1, 0.15) is 5.69 Å². The molecule has 3 heterocycles. The van der Waals surface area contributed by atoms with Crippen LogP contribution in [0.4, 0.5) is 5.82 Å². The predicted octanol–water partition coefficient (Wildman–Crippen LogP) is 0.842. The molecular formula is C12H13N5O3S. The van der Waals surface area contributed by atoms with Crippen LogP contribution in [0.25, 0.3) is 5.65 Å². The highest BCUT2D eigenvalue weighted by Gasteiger charge is 2.24. The molecule has 0 spiro atoms. The third kappa shape index (κ3) is 2.48. The summed E-state index contributed by atoms with van der Waals surface area (Å²) in [5.74, 6) is 0.286. The third-order valence-corrected chi connectivity index (χ3v) is 4.34. The number of nitrogens with zero attached hydrogens (tertiary/aromatic N) is 3. The van der Waals surface area contributed by atoms with Crippen molar-refractivity contribution in [1.82, 2.24) is 19.3 Å². The van der Waals surface area contributed by atoms with Gasteiger partial charge in [-0.05, 0) is 12.1 Å². The van der Waals surface area contributed by atoms with Crippen molar-refractivity contribution in [1.29, 1.82) is 0 Å². The van der Waals surface area contributed by atoms with Crippen LogP contribution in [-0.2, 0) is 16.6 Å². The summed E-state index contributed by atoms with van der Waals surface area (Å²) in [6.07, 6.45) is 3.03. The largest absolute Gasteiger partial charge is 0.371 e. The lowest BCUT2D eigenvalue weighted by molar-refractivity contribution is 0.411. The Kier molecular flexibility index (Phi) is 3.35. The van der Waals surface area contributed by atoms with E-state index in [4.69, 9.17) is 0 Å². The van der Waals surface area contributed by atoms with Crippen LogP contribution in [0.15, 0.2) is 46.3 Å². The summed E-state index contributed by atoms with van der Waals surface area (Å²) in [5.41, 5.74) is 1.04. The lowest BCUT2D eigenvalue weighted by Crippen LogP contribution is -2.25. The number of imidazole rings is 1. The second kappa shape index (κ2) is 5.19. The zero-order chi connectivity index (χ0) is 14.9. The minimum atomic E-state index is -3.76. The first-order chi connectivity index (χ1) is 10.1. The Balaban J connectivity index is 2.01. The van der Waals surface area contributed by atoms with Gasteiger partial charge in [-0.2, -0.15) is 0 Å². The van der Waals surface area contributed by atoms with Crippen LogP contribution in [0.2, 0.25) is 0 Å².